The average Bonchev–Trinajstić information content (AvgIpc) is 2.74. The number of carbonyl (C=O) groups is 1. The number of halogens is 1. The molecule has 0 N–H and O–H groups in total. The van der Waals surface area contributed by atoms with Crippen molar-refractivity contribution in [3.63, 3.8) is 0 Å². The quantitative estimate of drug-likeness (QED) is 0.770. The molecule has 1 heterocycles. The van der Waals surface area contributed by atoms with Gasteiger partial charge in [-0.15, -0.1) is 11.3 Å². The number of aromatic nitrogens is 1. The Morgan fingerprint density at radius 3 is 2.35 bits per heavy atom. The van der Waals surface area contributed by atoms with E-state index < -0.39 is 0 Å². The molecule has 17 heavy (non-hydrogen) atoms. The van der Waals surface area contributed by atoms with Crippen LogP contribution in [0.5, 0.6) is 0 Å². The van der Waals surface area contributed by atoms with E-state index in [0.29, 0.717) is 4.88 Å². The third-order valence-corrected chi connectivity index (χ3v) is 4.93. The molecule has 0 unspecified atom stereocenters. The monoisotopic (exact) mass is 309 g/mol. The van der Waals surface area contributed by atoms with Crippen molar-refractivity contribution in [3.8, 4) is 10.6 Å². The molecular formula is C13H12BrNOS. The van der Waals surface area contributed by atoms with E-state index in [1.807, 2.05) is 0 Å². The van der Waals surface area contributed by atoms with Crippen LogP contribution in [-0.2, 0) is 0 Å². The van der Waals surface area contributed by atoms with Crippen LogP contribution < -0.4 is 0 Å². The second-order valence-electron chi connectivity index (χ2n) is 4.01. The van der Waals surface area contributed by atoms with Gasteiger partial charge in [-0.05, 0) is 37.1 Å². The fourth-order valence-electron chi connectivity index (χ4n) is 1.64. The number of rotatable bonds is 2. The number of hydrogen-bond acceptors (Lipinski definition) is 3. The lowest BCUT2D eigenvalue weighted by molar-refractivity contribution is 0.102. The Hall–Kier alpha value is -1.000. The van der Waals surface area contributed by atoms with Crippen LogP contribution in [0.2, 0.25) is 0 Å². The fourth-order valence-corrected chi connectivity index (χ4v) is 2.67. The van der Waals surface area contributed by atoms with Gasteiger partial charge in [0.25, 0.3) is 0 Å². The minimum absolute atomic E-state index is 0.0688. The van der Waals surface area contributed by atoms with Gasteiger partial charge in [0.1, 0.15) is 5.01 Å². The smallest absolute Gasteiger partial charge is 0.171 e. The number of aryl methyl sites for hydroxylation is 2. The molecule has 0 spiro atoms. The Kier molecular flexibility index (Phi) is 3.45. The molecule has 0 atom stereocenters. The van der Waals surface area contributed by atoms with E-state index >= 15 is 0 Å². The highest BCUT2D eigenvalue weighted by Crippen LogP contribution is 2.31. The number of ketones is 1. The van der Waals surface area contributed by atoms with Crippen LogP contribution in [0.15, 0.2) is 22.8 Å². The molecule has 2 aromatic rings. The summed E-state index contributed by atoms with van der Waals surface area (Å²) in [5.74, 6) is 0.0688. The standard InChI is InChI=1S/C13H12BrNOS/c1-7-4-10(5-8(2)12(7)14)13-15-6-11(17-13)9(3)16/h4-6H,1-3H3. The van der Waals surface area contributed by atoms with Gasteiger partial charge in [0.2, 0.25) is 0 Å². The zero-order valence-electron chi connectivity index (χ0n) is 9.87. The van der Waals surface area contributed by atoms with Gasteiger partial charge in [-0.3, -0.25) is 4.79 Å². The van der Waals surface area contributed by atoms with Gasteiger partial charge >= 0.3 is 0 Å². The zero-order valence-corrected chi connectivity index (χ0v) is 12.3. The molecular weight excluding hydrogens is 298 g/mol. The molecule has 0 aliphatic rings. The lowest BCUT2D eigenvalue weighted by atomic mass is 10.1. The summed E-state index contributed by atoms with van der Waals surface area (Å²) in [6, 6.07) is 4.17. The Balaban J connectivity index is 2.49. The fraction of sp³-hybridized carbons (Fsp3) is 0.231. The summed E-state index contributed by atoms with van der Waals surface area (Å²) >= 11 is 4.98. The first-order chi connectivity index (χ1) is 7.99. The molecule has 0 fully saturated rings. The van der Waals surface area contributed by atoms with Gasteiger partial charge < -0.3 is 0 Å². The minimum atomic E-state index is 0.0688. The lowest BCUT2D eigenvalue weighted by Crippen LogP contribution is -1.85. The molecule has 0 radical (unpaired) electrons. The predicted molar refractivity (Wildman–Crippen MR) is 74.7 cm³/mol. The van der Waals surface area contributed by atoms with Gasteiger partial charge in [-0.1, -0.05) is 15.9 Å². The van der Waals surface area contributed by atoms with Crippen LogP contribution in [-0.4, -0.2) is 10.8 Å². The van der Waals surface area contributed by atoms with Crippen LogP contribution in [0.3, 0.4) is 0 Å². The molecule has 2 rings (SSSR count). The predicted octanol–water partition coefficient (Wildman–Crippen LogP) is 4.39. The summed E-state index contributed by atoms with van der Waals surface area (Å²) < 4.78 is 1.13. The third kappa shape index (κ3) is 2.48. The molecule has 0 saturated heterocycles. The summed E-state index contributed by atoms with van der Waals surface area (Å²) in [5.41, 5.74) is 3.43. The van der Waals surface area contributed by atoms with E-state index in [4.69, 9.17) is 0 Å². The number of Topliss-reactive ketones (excluding diaryl/α,β-unsaturated/α-hetero) is 1. The first kappa shape index (κ1) is 12.5. The number of carbonyl (C=O) groups excluding carboxylic acids is 1. The van der Waals surface area contributed by atoms with Gasteiger partial charge in [0, 0.05) is 23.2 Å². The van der Waals surface area contributed by atoms with E-state index in [1.165, 1.54) is 22.5 Å². The van der Waals surface area contributed by atoms with Gasteiger partial charge in [-0.25, -0.2) is 4.98 Å². The molecule has 0 aliphatic heterocycles. The SMILES string of the molecule is CC(=O)c1cnc(-c2cc(C)c(Br)c(C)c2)s1. The summed E-state index contributed by atoms with van der Waals surface area (Å²) in [7, 11) is 0. The summed E-state index contributed by atoms with van der Waals surface area (Å²) in [6.07, 6.45) is 1.65. The molecule has 2 nitrogen and oxygen atoms in total. The summed E-state index contributed by atoms with van der Waals surface area (Å²) in [5, 5.41) is 0.897. The largest absolute Gasteiger partial charge is 0.294 e. The topological polar surface area (TPSA) is 30.0 Å². The third-order valence-electron chi connectivity index (χ3n) is 2.54. The average molecular weight is 310 g/mol. The van der Waals surface area contributed by atoms with Gasteiger partial charge in [0.05, 0.1) is 4.88 Å². The summed E-state index contributed by atoms with van der Waals surface area (Å²) in [6.45, 7) is 5.68. The first-order valence-corrected chi connectivity index (χ1v) is 6.84. The maximum Gasteiger partial charge on any atom is 0.171 e. The highest BCUT2D eigenvalue weighted by molar-refractivity contribution is 9.10. The van der Waals surface area contributed by atoms with Crippen LogP contribution in [0, 0.1) is 13.8 Å². The molecule has 4 heteroatoms. The molecule has 1 aromatic heterocycles. The van der Waals surface area contributed by atoms with Crippen molar-refractivity contribution >= 4 is 33.0 Å². The van der Waals surface area contributed by atoms with Crippen molar-refractivity contribution in [2.24, 2.45) is 0 Å². The Bertz CT molecular complexity index is 566. The molecule has 0 saturated carbocycles. The van der Waals surface area contributed by atoms with Crippen LogP contribution in [0.25, 0.3) is 10.6 Å². The second kappa shape index (κ2) is 4.70. The molecule has 88 valence electrons. The van der Waals surface area contributed by atoms with E-state index in [0.717, 1.165) is 15.0 Å². The Morgan fingerprint density at radius 1 is 1.29 bits per heavy atom. The van der Waals surface area contributed by atoms with Crippen molar-refractivity contribution < 1.29 is 4.79 Å². The maximum absolute atomic E-state index is 11.2. The highest BCUT2D eigenvalue weighted by Gasteiger charge is 2.10. The molecule has 0 aliphatic carbocycles. The van der Waals surface area contributed by atoms with E-state index in [2.05, 4.69) is 46.9 Å². The van der Waals surface area contributed by atoms with Crippen LogP contribution in [0.1, 0.15) is 27.7 Å². The number of hydrogen-bond donors (Lipinski definition) is 0. The van der Waals surface area contributed by atoms with Crippen LogP contribution in [0.4, 0.5) is 0 Å². The number of nitrogens with zero attached hydrogens (tertiary/aromatic N) is 1. The second-order valence-corrected chi connectivity index (χ2v) is 5.83. The van der Waals surface area contributed by atoms with E-state index in [-0.39, 0.29) is 5.78 Å². The lowest BCUT2D eigenvalue weighted by Gasteiger charge is -2.05. The molecule has 0 bridgehead atoms. The van der Waals surface area contributed by atoms with E-state index in [9.17, 15) is 4.79 Å². The van der Waals surface area contributed by atoms with Gasteiger partial charge in [-0.2, -0.15) is 0 Å². The highest BCUT2D eigenvalue weighted by atomic mass is 79.9. The van der Waals surface area contributed by atoms with Crippen molar-refractivity contribution in [2.75, 3.05) is 0 Å². The molecule has 1 aromatic carbocycles. The zero-order chi connectivity index (χ0) is 12.6. The first-order valence-electron chi connectivity index (χ1n) is 5.23. The van der Waals surface area contributed by atoms with Crippen molar-refractivity contribution in [1.29, 1.82) is 0 Å². The van der Waals surface area contributed by atoms with Crippen molar-refractivity contribution in [3.05, 3.63) is 38.8 Å². The molecule has 0 amide bonds. The number of thiazole rings is 1. The van der Waals surface area contributed by atoms with Crippen molar-refractivity contribution in [1.82, 2.24) is 4.98 Å². The minimum Gasteiger partial charge on any atom is -0.294 e. The maximum atomic E-state index is 11.2. The van der Waals surface area contributed by atoms with E-state index in [1.54, 1.807) is 13.1 Å². The number of benzene rings is 1. The van der Waals surface area contributed by atoms with Gasteiger partial charge in [0.15, 0.2) is 5.78 Å². The van der Waals surface area contributed by atoms with Crippen LogP contribution >= 0.6 is 27.3 Å². The van der Waals surface area contributed by atoms with Crippen molar-refractivity contribution in [2.45, 2.75) is 20.8 Å². The summed E-state index contributed by atoms with van der Waals surface area (Å²) in [4.78, 5) is 16.2. The Labute approximate surface area is 113 Å². The Morgan fingerprint density at radius 2 is 1.88 bits per heavy atom. The normalized spacial score (nSPS) is 10.6.